The maximum absolute atomic E-state index is 10.2. The van der Waals surface area contributed by atoms with Crippen LogP contribution in [0.1, 0.15) is 40.5 Å². The van der Waals surface area contributed by atoms with Crippen LogP contribution in [0.15, 0.2) is 0 Å². The van der Waals surface area contributed by atoms with E-state index in [0.29, 0.717) is 0 Å². The van der Waals surface area contributed by atoms with Crippen LogP contribution in [-0.2, 0) is 4.79 Å². The summed E-state index contributed by atoms with van der Waals surface area (Å²) in [5.74, 6) is 0. The lowest BCUT2D eigenvalue weighted by Crippen LogP contribution is -2.50. The molecule has 3 heteroatoms. The molecule has 0 saturated carbocycles. The Hall–Kier alpha value is -0.570. The number of amides is 1. The predicted octanol–water partition coefficient (Wildman–Crippen LogP) is 1.25. The molecule has 3 nitrogen and oxygen atoms in total. The molecule has 0 aliphatic heterocycles. The van der Waals surface area contributed by atoms with E-state index in [1.54, 1.807) is 0 Å². The van der Waals surface area contributed by atoms with Crippen molar-refractivity contribution in [3.8, 4) is 0 Å². The summed E-state index contributed by atoms with van der Waals surface area (Å²) in [5, 5.41) is 6.06. The van der Waals surface area contributed by atoms with E-state index in [2.05, 4.69) is 38.3 Å². The second kappa shape index (κ2) is 5.14. The highest BCUT2D eigenvalue weighted by Gasteiger charge is 2.15. The summed E-state index contributed by atoms with van der Waals surface area (Å²) in [6.07, 6.45) is 2.89. The Morgan fingerprint density at radius 2 is 2.00 bits per heavy atom. The van der Waals surface area contributed by atoms with E-state index in [1.807, 2.05) is 0 Å². The van der Waals surface area contributed by atoms with Crippen LogP contribution in [0.3, 0.4) is 0 Å². The van der Waals surface area contributed by atoms with Crippen LogP contribution in [-0.4, -0.2) is 18.1 Å². The zero-order valence-electron chi connectivity index (χ0n) is 8.48. The van der Waals surface area contributed by atoms with Crippen LogP contribution in [0, 0.1) is 0 Å². The van der Waals surface area contributed by atoms with Crippen molar-refractivity contribution >= 4 is 6.41 Å². The normalized spacial score (nSPS) is 14.0. The number of nitrogens with one attached hydrogen (secondary N) is 2. The van der Waals surface area contributed by atoms with Gasteiger partial charge in [-0.25, -0.2) is 0 Å². The van der Waals surface area contributed by atoms with Crippen LogP contribution >= 0.6 is 0 Å². The van der Waals surface area contributed by atoms with Gasteiger partial charge >= 0.3 is 0 Å². The molecule has 1 amide bonds. The zero-order valence-corrected chi connectivity index (χ0v) is 8.48. The first-order valence-electron chi connectivity index (χ1n) is 4.47. The van der Waals surface area contributed by atoms with Gasteiger partial charge in [0.25, 0.3) is 0 Å². The van der Waals surface area contributed by atoms with Gasteiger partial charge in [0, 0.05) is 5.54 Å². The number of carbonyl (C=O) groups is 1. The van der Waals surface area contributed by atoms with Crippen LogP contribution in [0.2, 0.25) is 0 Å². The van der Waals surface area contributed by atoms with Crippen molar-refractivity contribution < 1.29 is 4.79 Å². The number of hydrogen-bond acceptors (Lipinski definition) is 2. The van der Waals surface area contributed by atoms with Gasteiger partial charge in [-0.1, -0.05) is 13.3 Å². The maximum Gasteiger partial charge on any atom is 0.208 e. The fourth-order valence-corrected chi connectivity index (χ4v) is 1.09. The molecule has 0 spiro atoms. The van der Waals surface area contributed by atoms with Crippen LogP contribution in [0.5, 0.6) is 0 Å². The van der Waals surface area contributed by atoms with Crippen LogP contribution < -0.4 is 10.6 Å². The third kappa shape index (κ3) is 6.16. The summed E-state index contributed by atoms with van der Waals surface area (Å²) in [4.78, 5) is 10.2. The molecule has 0 aliphatic rings. The van der Waals surface area contributed by atoms with Crippen molar-refractivity contribution in [2.75, 3.05) is 0 Å². The minimum Gasteiger partial charge on any atom is -0.343 e. The standard InChI is InChI=1S/C9H20N2O/c1-5-6-8(10-7-12)11-9(2,3)4/h7-8,11H,5-6H2,1-4H3,(H,10,12). The molecule has 0 aromatic heterocycles. The molecule has 0 saturated heterocycles. The first kappa shape index (κ1) is 11.4. The van der Waals surface area contributed by atoms with Gasteiger partial charge in [-0.05, 0) is 27.2 Å². The third-order valence-corrected chi connectivity index (χ3v) is 1.45. The molecule has 0 fully saturated rings. The zero-order chi connectivity index (χ0) is 9.61. The largest absolute Gasteiger partial charge is 0.343 e. The second-order valence-electron chi connectivity index (χ2n) is 4.02. The lowest BCUT2D eigenvalue weighted by atomic mass is 10.1. The minimum absolute atomic E-state index is 0.0514. The van der Waals surface area contributed by atoms with Crippen molar-refractivity contribution in [1.29, 1.82) is 0 Å². The van der Waals surface area contributed by atoms with E-state index < -0.39 is 0 Å². The van der Waals surface area contributed by atoms with Gasteiger partial charge in [-0.3, -0.25) is 10.1 Å². The average molecular weight is 172 g/mol. The summed E-state index contributed by atoms with van der Waals surface area (Å²) in [6, 6.07) is 0. The van der Waals surface area contributed by atoms with Crippen molar-refractivity contribution in [3.63, 3.8) is 0 Å². The fourth-order valence-electron chi connectivity index (χ4n) is 1.09. The van der Waals surface area contributed by atoms with Crippen molar-refractivity contribution in [2.24, 2.45) is 0 Å². The highest BCUT2D eigenvalue weighted by Crippen LogP contribution is 2.02. The van der Waals surface area contributed by atoms with E-state index in [-0.39, 0.29) is 11.7 Å². The van der Waals surface area contributed by atoms with Crippen molar-refractivity contribution in [3.05, 3.63) is 0 Å². The van der Waals surface area contributed by atoms with E-state index in [4.69, 9.17) is 0 Å². The van der Waals surface area contributed by atoms with Crippen LogP contribution in [0.4, 0.5) is 0 Å². The summed E-state index contributed by atoms with van der Waals surface area (Å²) in [7, 11) is 0. The molecule has 0 radical (unpaired) electrons. The molecule has 12 heavy (non-hydrogen) atoms. The SMILES string of the molecule is CCCC(NC=O)NC(C)(C)C. The lowest BCUT2D eigenvalue weighted by molar-refractivity contribution is -0.110. The summed E-state index contributed by atoms with van der Waals surface area (Å²) < 4.78 is 0. The smallest absolute Gasteiger partial charge is 0.208 e. The molecule has 0 aromatic carbocycles. The summed E-state index contributed by atoms with van der Waals surface area (Å²) >= 11 is 0. The Morgan fingerprint density at radius 3 is 2.33 bits per heavy atom. The van der Waals surface area contributed by atoms with Gasteiger partial charge < -0.3 is 5.32 Å². The predicted molar refractivity (Wildman–Crippen MR) is 50.8 cm³/mol. The molecule has 72 valence electrons. The molecule has 0 aromatic rings. The molecular formula is C9H20N2O. The van der Waals surface area contributed by atoms with Gasteiger partial charge in [0.05, 0.1) is 6.17 Å². The monoisotopic (exact) mass is 172 g/mol. The van der Waals surface area contributed by atoms with Gasteiger partial charge in [-0.15, -0.1) is 0 Å². The van der Waals surface area contributed by atoms with Crippen molar-refractivity contribution in [1.82, 2.24) is 10.6 Å². The Bertz CT molecular complexity index is 129. The number of hydrogen-bond donors (Lipinski definition) is 2. The van der Waals surface area contributed by atoms with Gasteiger partial charge in [0.1, 0.15) is 0 Å². The molecule has 0 rings (SSSR count). The summed E-state index contributed by atoms with van der Waals surface area (Å²) in [5.41, 5.74) is 0.0514. The van der Waals surface area contributed by atoms with E-state index >= 15 is 0 Å². The minimum atomic E-state index is 0.0514. The summed E-state index contributed by atoms with van der Waals surface area (Å²) in [6.45, 7) is 8.36. The van der Waals surface area contributed by atoms with E-state index in [9.17, 15) is 4.79 Å². The Kier molecular flexibility index (Phi) is 4.90. The molecule has 0 bridgehead atoms. The highest BCUT2D eigenvalue weighted by atomic mass is 16.1. The molecule has 1 unspecified atom stereocenters. The molecule has 0 aliphatic carbocycles. The number of carbonyl (C=O) groups excluding carboxylic acids is 1. The first-order chi connectivity index (χ1) is 5.49. The quantitative estimate of drug-likeness (QED) is 0.484. The third-order valence-electron chi connectivity index (χ3n) is 1.45. The maximum atomic E-state index is 10.2. The average Bonchev–Trinajstić information content (AvgIpc) is 1.84. The number of rotatable bonds is 5. The molecule has 0 heterocycles. The van der Waals surface area contributed by atoms with Crippen LogP contribution in [0.25, 0.3) is 0 Å². The van der Waals surface area contributed by atoms with Gasteiger partial charge in [0.15, 0.2) is 0 Å². The fraction of sp³-hybridized carbons (Fsp3) is 0.889. The Morgan fingerprint density at radius 1 is 1.42 bits per heavy atom. The highest BCUT2D eigenvalue weighted by molar-refractivity contribution is 5.46. The molecular weight excluding hydrogens is 152 g/mol. The topological polar surface area (TPSA) is 41.1 Å². The van der Waals surface area contributed by atoms with E-state index in [1.165, 1.54) is 0 Å². The first-order valence-corrected chi connectivity index (χ1v) is 4.47. The second-order valence-corrected chi connectivity index (χ2v) is 4.02. The Balaban J connectivity index is 3.85. The molecule has 2 N–H and O–H groups in total. The van der Waals surface area contributed by atoms with Gasteiger partial charge in [0.2, 0.25) is 6.41 Å². The lowest BCUT2D eigenvalue weighted by Gasteiger charge is -2.27. The van der Waals surface area contributed by atoms with Gasteiger partial charge in [-0.2, -0.15) is 0 Å². The molecule has 1 atom stereocenters. The van der Waals surface area contributed by atoms with E-state index in [0.717, 1.165) is 19.3 Å². The van der Waals surface area contributed by atoms with Crippen molar-refractivity contribution in [2.45, 2.75) is 52.2 Å². The Labute approximate surface area is 74.9 Å².